The molecule has 3 aromatic rings. The van der Waals surface area contributed by atoms with Crippen molar-refractivity contribution >= 4 is 22.9 Å². The fourth-order valence-corrected chi connectivity index (χ4v) is 5.25. The molecule has 37 heavy (non-hydrogen) atoms. The molecule has 8 nitrogen and oxygen atoms in total. The Bertz CT molecular complexity index is 1300. The zero-order chi connectivity index (χ0) is 26.2. The maximum Gasteiger partial charge on any atom is 0.573 e. The highest BCUT2D eigenvalue weighted by Crippen LogP contribution is 2.31. The molecule has 2 aromatic heterocycles. The fraction of sp³-hybridized carbons (Fsp3) is 0.423. The lowest BCUT2D eigenvalue weighted by atomic mass is 9.97. The Kier molecular flexibility index (Phi) is 6.80. The minimum atomic E-state index is -4.75. The predicted octanol–water partition coefficient (Wildman–Crippen LogP) is 3.66. The number of piperidine rings is 1. The number of hydrogen-bond donors (Lipinski definition) is 1. The Labute approximate surface area is 211 Å². The first-order valence-corrected chi connectivity index (χ1v) is 12.2. The van der Waals surface area contributed by atoms with Crippen molar-refractivity contribution in [3.63, 3.8) is 0 Å². The van der Waals surface area contributed by atoms with Crippen LogP contribution in [-0.2, 0) is 29.1 Å². The van der Waals surface area contributed by atoms with Crippen molar-refractivity contribution < 1.29 is 32.6 Å². The zero-order valence-electron chi connectivity index (χ0n) is 20.1. The van der Waals surface area contributed by atoms with Gasteiger partial charge in [-0.2, -0.15) is 0 Å². The van der Waals surface area contributed by atoms with Crippen LogP contribution in [0.2, 0.25) is 0 Å². The number of benzene rings is 1. The number of likely N-dealkylation sites (tertiary alicyclic amines) is 1. The molecule has 196 valence electrons. The third-order valence-corrected chi connectivity index (χ3v) is 7.16. The van der Waals surface area contributed by atoms with Crippen molar-refractivity contribution in [3.05, 3.63) is 59.4 Å². The number of rotatable bonds is 6. The zero-order valence-corrected chi connectivity index (χ0v) is 20.1. The number of halogens is 3. The Balaban J connectivity index is 1.33. The quantitative estimate of drug-likeness (QED) is 0.538. The normalized spacial score (nSPS) is 17.1. The Morgan fingerprint density at radius 3 is 2.49 bits per heavy atom. The summed E-state index contributed by atoms with van der Waals surface area (Å²) < 4.78 is 43.6. The number of nitrogens with zero attached hydrogens (tertiary/aromatic N) is 4. The number of carbonyl (C=O) groups excluding carboxylic acids is 1. The highest BCUT2D eigenvalue weighted by Gasteiger charge is 2.32. The van der Waals surface area contributed by atoms with Gasteiger partial charge in [-0.15, -0.1) is 13.2 Å². The molecule has 4 heterocycles. The maximum atomic E-state index is 13.2. The molecular formula is C26H27F3N4O4. The van der Waals surface area contributed by atoms with Crippen LogP contribution in [0.3, 0.4) is 0 Å². The van der Waals surface area contributed by atoms with E-state index < -0.39 is 12.3 Å². The second-order valence-corrected chi connectivity index (χ2v) is 9.53. The maximum absolute atomic E-state index is 13.2. The summed E-state index contributed by atoms with van der Waals surface area (Å²) in [6.07, 6.45) is -1.29. The van der Waals surface area contributed by atoms with Crippen LogP contribution in [0.25, 0.3) is 11.0 Å². The Hall–Kier alpha value is -3.60. The van der Waals surface area contributed by atoms with Crippen molar-refractivity contribution in [1.82, 2.24) is 19.4 Å². The van der Waals surface area contributed by atoms with Crippen LogP contribution in [0, 0.1) is 5.92 Å². The molecule has 0 spiro atoms. The van der Waals surface area contributed by atoms with Crippen molar-refractivity contribution in [1.29, 1.82) is 0 Å². The number of fused-ring (bicyclic) bond motifs is 3. The summed E-state index contributed by atoms with van der Waals surface area (Å²) in [5, 5.41) is 10.2. The molecule has 0 radical (unpaired) electrons. The lowest BCUT2D eigenvalue weighted by Gasteiger charge is -2.33. The van der Waals surface area contributed by atoms with Gasteiger partial charge in [0.2, 0.25) is 5.91 Å². The SMILES string of the molecule is O=C(O)C1CCN(CC(=O)N2CCc3c(n(Cc4ccc(OC(F)(F)F)cc4)c4ncccc34)C2)CC1. The second-order valence-electron chi connectivity index (χ2n) is 9.53. The molecule has 1 fully saturated rings. The lowest BCUT2D eigenvalue weighted by molar-refractivity contribution is -0.274. The molecule has 5 rings (SSSR count). The van der Waals surface area contributed by atoms with Gasteiger partial charge in [0.1, 0.15) is 11.4 Å². The van der Waals surface area contributed by atoms with E-state index in [9.17, 15) is 27.9 Å². The van der Waals surface area contributed by atoms with Crippen LogP contribution in [0.15, 0.2) is 42.6 Å². The van der Waals surface area contributed by atoms with Gasteiger partial charge in [0.05, 0.1) is 19.0 Å². The highest BCUT2D eigenvalue weighted by atomic mass is 19.4. The molecule has 2 aliphatic heterocycles. The largest absolute Gasteiger partial charge is 0.573 e. The van der Waals surface area contributed by atoms with Gasteiger partial charge in [-0.3, -0.25) is 14.5 Å². The summed E-state index contributed by atoms with van der Waals surface area (Å²) in [4.78, 5) is 32.8. The highest BCUT2D eigenvalue weighted by molar-refractivity contribution is 5.84. The number of aliphatic carboxylic acids is 1. The second kappa shape index (κ2) is 10.0. The van der Waals surface area contributed by atoms with E-state index in [2.05, 4.69) is 9.72 Å². The van der Waals surface area contributed by atoms with E-state index in [4.69, 9.17) is 0 Å². The first-order chi connectivity index (χ1) is 17.7. The molecule has 0 saturated carbocycles. The molecule has 0 bridgehead atoms. The number of hydrogen-bond acceptors (Lipinski definition) is 5. The number of carboxylic acids is 1. The van der Waals surface area contributed by atoms with Gasteiger partial charge < -0.3 is 19.3 Å². The van der Waals surface area contributed by atoms with Crippen LogP contribution in [0.4, 0.5) is 13.2 Å². The van der Waals surface area contributed by atoms with Gasteiger partial charge in [-0.1, -0.05) is 12.1 Å². The van der Waals surface area contributed by atoms with Gasteiger partial charge in [0, 0.05) is 30.4 Å². The number of alkyl halides is 3. The smallest absolute Gasteiger partial charge is 0.481 e. The number of pyridine rings is 1. The van der Waals surface area contributed by atoms with Crippen molar-refractivity contribution in [3.8, 4) is 5.75 Å². The number of carbonyl (C=O) groups is 2. The molecule has 0 unspecified atom stereocenters. The molecule has 11 heteroatoms. The Morgan fingerprint density at radius 1 is 1.08 bits per heavy atom. The summed E-state index contributed by atoms with van der Waals surface area (Å²) in [6.45, 7) is 2.79. The van der Waals surface area contributed by atoms with Gasteiger partial charge in [-0.05, 0) is 67.7 Å². The van der Waals surface area contributed by atoms with Gasteiger partial charge in [0.15, 0.2) is 0 Å². The average molecular weight is 517 g/mol. The molecule has 1 N–H and O–H groups in total. The van der Waals surface area contributed by atoms with Crippen LogP contribution >= 0.6 is 0 Å². The molecule has 1 aromatic carbocycles. The molecule has 0 atom stereocenters. The molecule has 1 amide bonds. The van der Waals surface area contributed by atoms with E-state index in [1.165, 1.54) is 12.1 Å². The summed E-state index contributed by atoms with van der Waals surface area (Å²) in [7, 11) is 0. The predicted molar refractivity (Wildman–Crippen MR) is 128 cm³/mol. The van der Waals surface area contributed by atoms with Crippen LogP contribution in [-0.4, -0.2) is 68.9 Å². The first kappa shape index (κ1) is 25.1. The minimum absolute atomic E-state index is 0.00200. The number of ether oxygens (including phenoxy) is 1. The molecule has 1 saturated heterocycles. The monoisotopic (exact) mass is 516 g/mol. The van der Waals surface area contributed by atoms with Gasteiger partial charge in [-0.25, -0.2) is 4.98 Å². The molecular weight excluding hydrogens is 489 g/mol. The number of carboxylic acid groups (broad SMARTS) is 1. The van der Waals surface area contributed by atoms with Gasteiger partial charge >= 0.3 is 12.3 Å². The van der Waals surface area contributed by atoms with E-state index >= 15 is 0 Å². The summed E-state index contributed by atoms with van der Waals surface area (Å²) >= 11 is 0. The van der Waals surface area contributed by atoms with Crippen LogP contribution in [0.5, 0.6) is 5.75 Å². The third kappa shape index (κ3) is 5.56. The number of aromatic nitrogens is 2. The topological polar surface area (TPSA) is 87.9 Å². The van der Waals surface area contributed by atoms with E-state index in [1.807, 2.05) is 26.5 Å². The van der Waals surface area contributed by atoms with Crippen LogP contribution in [0.1, 0.15) is 29.7 Å². The summed E-state index contributed by atoms with van der Waals surface area (Å²) in [6, 6.07) is 9.63. The number of amides is 1. The lowest BCUT2D eigenvalue weighted by Crippen LogP contribution is -2.45. The van der Waals surface area contributed by atoms with Crippen LogP contribution < -0.4 is 4.74 Å². The molecule has 0 aliphatic carbocycles. The minimum Gasteiger partial charge on any atom is -0.481 e. The summed E-state index contributed by atoms with van der Waals surface area (Å²) in [5.41, 5.74) is 3.65. The van der Waals surface area contributed by atoms with Crippen molar-refractivity contribution in [2.24, 2.45) is 5.92 Å². The summed E-state index contributed by atoms with van der Waals surface area (Å²) in [5.74, 6) is -1.41. The van der Waals surface area contributed by atoms with Crippen molar-refractivity contribution in [2.75, 3.05) is 26.2 Å². The third-order valence-electron chi connectivity index (χ3n) is 7.16. The van der Waals surface area contributed by atoms with E-state index in [0.717, 1.165) is 27.9 Å². The van der Waals surface area contributed by atoms with E-state index in [0.29, 0.717) is 52.0 Å². The van der Waals surface area contributed by atoms with Gasteiger partial charge in [0.25, 0.3) is 0 Å². The van der Waals surface area contributed by atoms with E-state index in [-0.39, 0.29) is 24.1 Å². The standard InChI is InChI=1S/C26H27F3N4O4/c27-26(28,29)37-19-5-3-17(4-6-19)14-33-22-15-32(13-9-20(22)21-2-1-10-30-24(21)33)23(34)16-31-11-7-18(8-12-31)25(35)36/h1-6,10,18H,7-9,11-16H2,(H,35,36). The Morgan fingerprint density at radius 2 is 1.81 bits per heavy atom. The van der Waals surface area contributed by atoms with E-state index in [1.54, 1.807) is 18.3 Å². The average Bonchev–Trinajstić information content (AvgIpc) is 3.17. The molecule has 2 aliphatic rings. The van der Waals surface area contributed by atoms with Crippen molar-refractivity contribution in [2.45, 2.75) is 38.7 Å². The fourth-order valence-electron chi connectivity index (χ4n) is 5.25. The first-order valence-electron chi connectivity index (χ1n) is 12.2.